The molecule has 1 saturated carbocycles. The molecule has 1 N–H and O–H groups in total. The van der Waals surface area contributed by atoms with Gasteiger partial charge in [-0.2, -0.15) is 0 Å². The second kappa shape index (κ2) is 8.51. The van der Waals surface area contributed by atoms with Crippen molar-refractivity contribution in [3.8, 4) is 23.3 Å². The second-order valence-corrected chi connectivity index (χ2v) is 11.5. The summed E-state index contributed by atoms with van der Waals surface area (Å²) in [6.07, 6.45) is 2.15. The smallest absolute Gasteiger partial charge is 0.303 e. The van der Waals surface area contributed by atoms with Crippen LogP contribution in [0.1, 0.15) is 54.0 Å². The average molecular weight is 515 g/mol. The molecule has 2 heterocycles. The van der Waals surface area contributed by atoms with Gasteiger partial charge in [-0.3, -0.25) is 14.5 Å². The molecular formula is C31H34N2O5. The zero-order valence-corrected chi connectivity index (χ0v) is 22.6. The van der Waals surface area contributed by atoms with Crippen molar-refractivity contribution in [2.24, 2.45) is 0 Å². The van der Waals surface area contributed by atoms with Gasteiger partial charge in [0, 0.05) is 31.0 Å². The maximum absolute atomic E-state index is 13.4. The average Bonchev–Trinajstić information content (AvgIpc) is 3.23. The number of piperidine rings is 1. The second-order valence-electron chi connectivity index (χ2n) is 11.5. The molecule has 4 aliphatic rings. The summed E-state index contributed by atoms with van der Waals surface area (Å²) in [5.74, 6) is 5.82. The van der Waals surface area contributed by atoms with Crippen LogP contribution >= 0.6 is 0 Å². The Kier molecular flexibility index (Phi) is 5.55. The number of phenolic OH excluding ortho intramolecular Hbond substituents is 1. The van der Waals surface area contributed by atoms with Gasteiger partial charge in [-0.05, 0) is 88.0 Å². The van der Waals surface area contributed by atoms with Crippen molar-refractivity contribution in [1.82, 2.24) is 9.80 Å². The zero-order valence-electron chi connectivity index (χ0n) is 22.6. The minimum absolute atomic E-state index is 0.0132. The SMILES string of the molecule is CC(=O)O[C@@]12CC[C@H](N(C)C(=O)C#Cc3ccc(C)c(C)c3)[C@@H]3Oc4c(O)ccc5c4[C@@]31CCN(C)[C@@H]2C5. The molecule has 0 radical (unpaired) electrons. The van der Waals surface area contributed by atoms with Crippen molar-refractivity contribution < 1.29 is 24.2 Å². The number of carbonyl (C=O) groups is 2. The monoisotopic (exact) mass is 514 g/mol. The molecule has 198 valence electrons. The normalized spacial score (nSPS) is 30.4. The molecule has 5 atom stereocenters. The van der Waals surface area contributed by atoms with E-state index in [0.717, 1.165) is 28.8 Å². The quantitative estimate of drug-likeness (QED) is 0.490. The highest BCUT2D eigenvalue weighted by Gasteiger charge is 2.75. The highest BCUT2D eigenvalue weighted by molar-refractivity contribution is 5.94. The fourth-order valence-electron chi connectivity index (χ4n) is 7.74. The third kappa shape index (κ3) is 3.26. The van der Waals surface area contributed by atoms with E-state index in [9.17, 15) is 14.7 Å². The first-order chi connectivity index (χ1) is 18.1. The molecule has 2 aliphatic heterocycles. The van der Waals surface area contributed by atoms with Crippen LogP contribution in [0.15, 0.2) is 30.3 Å². The topological polar surface area (TPSA) is 79.3 Å². The third-order valence-corrected chi connectivity index (χ3v) is 9.62. The molecule has 7 heteroatoms. The van der Waals surface area contributed by atoms with Crippen molar-refractivity contribution in [1.29, 1.82) is 0 Å². The maximum Gasteiger partial charge on any atom is 0.303 e. The molecule has 2 fully saturated rings. The van der Waals surface area contributed by atoms with Gasteiger partial charge in [0.2, 0.25) is 0 Å². The van der Waals surface area contributed by atoms with Crippen LogP contribution in [-0.2, 0) is 26.2 Å². The summed E-state index contributed by atoms with van der Waals surface area (Å²) in [5, 5.41) is 10.9. The summed E-state index contributed by atoms with van der Waals surface area (Å²) in [7, 11) is 3.87. The van der Waals surface area contributed by atoms with Crippen LogP contribution in [0.4, 0.5) is 0 Å². The number of aryl methyl sites for hydroxylation is 2. The zero-order chi connectivity index (χ0) is 27.0. The number of likely N-dealkylation sites (N-methyl/N-ethyl adjacent to an activating group) is 2. The molecule has 0 unspecified atom stereocenters. The van der Waals surface area contributed by atoms with Gasteiger partial charge in [0.15, 0.2) is 11.5 Å². The number of likely N-dealkylation sites (tertiary alicyclic amines) is 1. The largest absolute Gasteiger partial charge is 0.504 e. The number of rotatable bonds is 2. The third-order valence-electron chi connectivity index (χ3n) is 9.62. The van der Waals surface area contributed by atoms with Crippen LogP contribution in [0.25, 0.3) is 0 Å². The van der Waals surface area contributed by atoms with Gasteiger partial charge in [0.1, 0.15) is 11.7 Å². The van der Waals surface area contributed by atoms with Gasteiger partial charge in [-0.25, -0.2) is 0 Å². The Labute approximate surface area is 223 Å². The summed E-state index contributed by atoms with van der Waals surface area (Å²) in [6, 6.07) is 9.29. The number of benzene rings is 2. The summed E-state index contributed by atoms with van der Waals surface area (Å²) in [4.78, 5) is 30.0. The molecule has 1 amide bonds. The minimum atomic E-state index is -0.798. The molecule has 6 rings (SSSR count). The van der Waals surface area contributed by atoms with Crippen molar-refractivity contribution in [3.63, 3.8) is 0 Å². The lowest BCUT2D eigenvalue weighted by atomic mass is 9.48. The number of phenols is 1. The predicted molar refractivity (Wildman–Crippen MR) is 142 cm³/mol. The first-order valence-electron chi connectivity index (χ1n) is 13.4. The highest BCUT2D eigenvalue weighted by Crippen LogP contribution is 2.66. The number of nitrogens with zero attached hydrogens (tertiary/aromatic N) is 2. The first-order valence-corrected chi connectivity index (χ1v) is 13.4. The van der Waals surface area contributed by atoms with Crippen molar-refractivity contribution in [2.75, 3.05) is 20.6 Å². The lowest BCUT2D eigenvalue weighted by Crippen LogP contribution is -2.78. The lowest BCUT2D eigenvalue weighted by Gasteiger charge is -2.65. The van der Waals surface area contributed by atoms with Gasteiger partial charge < -0.3 is 19.5 Å². The lowest BCUT2D eigenvalue weighted by molar-refractivity contribution is -0.220. The van der Waals surface area contributed by atoms with E-state index in [1.165, 1.54) is 12.5 Å². The number of aromatic hydroxyl groups is 1. The van der Waals surface area contributed by atoms with Crippen LogP contribution < -0.4 is 4.74 Å². The highest BCUT2D eigenvalue weighted by atomic mass is 16.6. The Hall–Kier alpha value is -3.50. The molecule has 38 heavy (non-hydrogen) atoms. The fourth-order valence-corrected chi connectivity index (χ4v) is 7.74. The summed E-state index contributed by atoms with van der Waals surface area (Å²) < 4.78 is 13.0. The molecule has 2 aromatic rings. The van der Waals surface area contributed by atoms with E-state index < -0.39 is 17.1 Å². The van der Waals surface area contributed by atoms with E-state index in [1.807, 2.05) is 38.1 Å². The Morgan fingerprint density at radius 2 is 1.97 bits per heavy atom. The van der Waals surface area contributed by atoms with Crippen LogP contribution in [0, 0.1) is 25.7 Å². The minimum Gasteiger partial charge on any atom is -0.504 e. The fraction of sp³-hybridized carbons (Fsp3) is 0.484. The van der Waals surface area contributed by atoms with Crippen molar-refractivity contribution >= 4 is 11.9 Å². The molecule has 0 aromatic heterocycles. The standard InChI is InChI=1S/C31H34N2O5/c1-18-6-7-21(16-19(18)2)8-11-26(36)33(5)23-12-13-31(38-20(3)34)25-17-22-9-10-24(35)28-27(22)30(31,29(23)37-28)14-15-32(25)4/h6-7,9-10,16,23,25,29,35H,12-15,17H2,1-5H3/t23-,25+,29-,30-,31+/m0/s1. The van der Waals surface area contributed by atoms with Crippen LogP contribution in [0.5, 0.6) is 11.5 Å². The van der Waals surface area contributed by atoms with E-state index >= 15 is 0 Å². The molecule has 2 aliphatic carbocycles. The predicted octanol–water partition coefficient (Wildman–Crippen LogP) is 3.24. The number of esters is 1. The Morgan fingerprint density at radius 3 is 2.71 bits per heavy atom. The summed E-state index contributed by atoms with van der Waals surface area (Å²) >= 11 is 0. The van der Waals surface area contributed by atoms with Gasteiger partial charge in [-0.15, -0.1) is 0 Å². The number of carbonyl (C=O) groups excluding carboxylic acids is 2. The van der Waals surface area contributed by atoms with E-state index in [4.69, 9.17) is 9.47 Å². The number of ether oxygens (including phenoxy) is 2. The molecular weight excluding hydrogens is 480 g/mol. The number of hydrogen-bond donors (Lipinski definition) is 1. The van der Waals surface area contributed by atoms with E-state index in [2.05, 4.69) is 23.8 Å². The maximum atomic E-state index is 13.4. The molecule has 7 nitrogen and oxygen atoms in total. The van der Waals surface area contributed by atoms with Gasteiger partial charge >= 0.3 is 5.97 Å². The van der Waals surface area contributed by atoms with E-state index in [-0.39, 0.29) is 29.7 Å². The van der Waals surface area contributed by atoms with Gasteiger partial charge in [0.25, 0.3) is 5.91 Å². The van der Waals surface area contributed by atoms with Gasteiger partial charge in [-0.1, -0.05) is 18.1 Å². The van der Waals surface area contributed by atoms with Crippen molar-refractivity contribution in [3.05, 3.63) is 58.1 Å². The first kappa shape index (κ1) is 24.8. The molecule has 1 spiro atoms. The van der Waals surface area contributed by atoms with Crippen LogP contribution in [0.2, 0.25) is 0 Å². The van der Waals surface area contributed by atoms with Crippen LogP contribution in [0.3, 0.4) is 0 Å². The Morgan fingerprint density at radius 1 is 1.18 bits per heavy atom. The molecule has 2 bridgehead atoms. The van der Waals surface area contributed by atoms with Crippen molar-refractivity contribution in [2.45, 2.75) is 75.7 Å². The molecule has 2 aromatic carbocycles. The van der Waals surface area contributed by atoms with Crippen LogP contribution in [-0.4, -0.2) is 71.2 Å². The summed E-state index contributed by atoms with van der Waals surface area (Å²) in [5.41, 5.74) is 3.73. The molecule has 1 saturated heterocycles. The number of hydrogen-bond acceptors (Lipinski definition) is 6. The summed E-state index contributed by atoms with van der Waals surface area (Å²) in [6.45, 7) is 6.35. The van der Waals surface area contributed by atoms with E-state index in [0.29, 0.717) is 31.4 Å². The Balaban J connectivity index is 1.42. The number of amides is 1. The van der Waals surface area contributed by atoms with Gasteiger partial charge in [0.05, 0.1) is 17.5 Å². The Bertz CT molecular complexity index is 1420. The van der Waals surface area contributed by atoms with E-state index in [1.54, 1.807) is 18.0 Å².